The standard InChI is InChI=1S/C19H16N4O4/c1-11-16(18(24)27-2)17(12-6-5-7-13(10-12)23(25)26)22-15-9-4-3-8-14(15)21-19(22)20-11/h3-10,17H,1-2H3,(H,20,21). The molecule has 0 spiro atoms. The van der Waals surface area contributed by atoms with Crippen LogP contribution in [0.4, 0.5) is 11.6 Å². The normalized spacial score (nSPS) is 16.0. The van der Waals surface area contributed by atoms with E-state index in [4.69, 9.17) is 4.74 Å². The highest BCUT2D eigenvalue weighted by molar-refractivity contribution is 5.94. The first-order valence-corrected chi connectivity index (χ1v) is 8.28. The number of esters is 1. The van der Waals surface area contributed by atoms with Gasteiger partial charge in [-0.2, -0.15) is 0 Å². The minimum atomic E-state index is -0.596. The van der Waals surface area contributed by atoms with Gasteiger partial charge in [0, 0.05) is 17.8 Å². The quantitative estimate of drug-likeness (QED) is 0.434. The van der Waals surface area contributed by atoms with Crippen molar-refractivity contribution in [3.8, 4) is 0 Å². The maximum absolute atomic E-state index is 12.6. The second-order valence-corrected chi connectivity index (χ2v) is 6.20. The van der Waals surface area contributed by atoms with Crippen LogP contribution in [0.25, 0.3) is 11.0 Å². The molecule has 2 aromatic carbocycles. The summed E-state index contributed by atoms with van der Waals surface area (Å²) in [6.45, 7) is 1.76. The van der Waals surface area contributed by atoms with E-state index in [9.17, 15) is 14.9 Å². The summed E-state index contributed by atoms with van der Waals surface area (Å²) in [7, 11) is 1.31. The molecule has 1 unspecified atom stereocenters. The second kappa shape index (κ2) is 6.24. The molecule has 1 aliphatic rings. The molecule has 0 radical (unpaired) electrons. The molecule has 27 heavy (non-hydrogen) atoms. The number of carbonyl (C=O) groups excluding carboxylic acids is 1. The number of nitro benzene ring substituents is 1. The Morgan fingerprint density at radius 1 is 1.26 bits per heavy atom. The number of aromatic nitrogens is 2. The van der Waals surface area contributed by atoms with Gasteiger partial charge < -0.3 is 10.1 Å². The van der Waals surface area contributed by atoms with E-state index in [0.29, 0.717) is 22.8 Å². The molecule has 1 atom stereocenters. The van der Waals surface area contributed by atoms with E-state index in [0.717, 1.165) is 11.0 Å². The number of non-ortho nitro benzene ring substituents is 1. The number of nitrogens with zero attached hydrogens (tertiary/aromatic N) is 3. The van der Waals surface area contributed by atoms with E-state index in [-0.39, 0.29) is 5.69 Å². The average Bonchev–Trinajstić information content (AvgIpc) is 3.04. The molecular weight excluding hydrogens is 348 g/mol. The lowest BCUT2D eigenvalue weighted by molar-refractivity contribution is -0.384. The first-order valence-electron chi connectivity index (χ1n) is 8.28. The Morgan fingerprint density at radius 3 is 2.78 bits per heavy atom. The molecule has 1 N–H and O–H groups in total. The zero-order chi connectivity index (χ0) is 19.1. The van der Waals surface area contributed by atoms with Crippen molar-refractivity contribution in [1.82, 2.24) is 9.55 Å². The van der Waals surface area contributed by atoms with Gasteiger partial charge in [-0.15, -0.1) is 0 Å². The molecule has 1 aromatic heterocycles. The number of carbonyl (C=O) groups is 1. The van der Waals surface area contributed by atoms with Crippen LogP contribution in [0.1, 0.15) is 18.5 Å². The van der Waals surface area contributed by atoms with E-state index in [1.165, 1.54) is 19.2 Å². The van der Waals surface area contributed by atoms with Gasteiger partial charge in [0.05, 0.1) is 34.7 Å². The van der Waals surface area contributed by atoms with Crippen LogP contribution in [0, 0.1) is 10.1 Å². The number of rotatable bonds is 3. The van der Waals surface area contributed by atoms with Crippen LogP contribution in [-0.2, 0) is 9.53 Å². The summed E-state index contributed by atoms with van der Waals surface area (Å²) in [5.74, 6) is 0.0674. The van der Waals surface area contributed by atoms with Gasteiger partial charge in [0.25, 0.3) is 5.69 Å². The first-order chi connectivity index (χ1) is 13.0. The number of ether oxygens (including phenoxy) is 1. The molecule has 4 rings (SSSR count). The number of anilines is 1. The number of methoxy groups -OCH3 is 1. The van der Waals surface area contributed by atoms with E-state index >= 15 is 0 Å². The molecule has 2 heterocycles. The van der Waals surface area contributed by atoms with Crippen LogP contribution in [0.15, 0.2) is 59.8 Å². The number of hydrogen-bond donors (Lipinski definition) is 1. The number of nitro groups is 1. The Hall–Kier alpha value is -3.68. The Morgan fingerprint density at radius 2 is 2.04 bits per heavy atom. The molecule has 0 fully saturated rings. The molecule has 0 bridgehead atoms. The van der Waals surface area contributed by atoms with Crippen molar-refractivity contribution in [3.63, 3.8) is 0 Å². The fraction of sp³-hybridized carbons (Fsp3) is 0.158. The summed E-state index contributed by atoms with van der Waals surface area (Å²) in [6, 6.07) is 13.2. The number of allylic oxidation sites excluding steroid dienone is 1. The maximum atomic E-state index is 12.6. The largest absolute Gasteiger partial charge is 0.466 e. The summed E-state index contributed by atoms with van der Waals surface area (Å²) in [5.41, 5.74) is 3.11. The molecule has 0 saturated carbocycles. The molecule has 8 nitrogen and oxygen atoms in total. The molecule has 3 aromatic rings. The fourth-order valence-corrected chi connectivity index (χ4v) is 3.46. The van der Waals surface area contributed by atoms with Crippen LogP contribution in [0.2, 0.25) is 0 Å². The van der Waals surface area contributed by atoms with Gasteiger partial charge >= 0.3 is 5.97 Å². The minimum absolute atomic E-state index is 0.0427. The summed E-state index contributed by atoms with van der Waals surface area (Å²) >= 11 is 0. The predicted octanol–water partition coefficient (Wildman–Crippen LogP) is 3.41. The fourth-order valence-electron chi connectivity index (χ4n) is 3.46. The van der Waals surface area contributed by atoms with Crippen molar-refractivity contribution in [1.29, 1.82) is 0 Å². The van der Waals surface area contributed by atoms with Crippen molar-refractivity contribution < 1.29 is 14.5 Å². The highest BCUT2D eigenvalue weighted by atomic mass is 16.6. The Bertz CT molecular complexity index is 1120. The van der Waals surface area contributed by atoms with Crippen LogP contribution < -0.4 is 5.32 Å². The lowest BCUT2D eigenvalue weighted by Crippen LogP contribution is -2.28. The smallest absolute Gasteiger partial charge is 0.337 e. The molecule has 0 aliphatic carbocycles. The van der Waals surface area contributed by atoms with E-state index in [1.54, 1.807) is 19.1 Å². The van der Waals surface area contributed by atoms with Crippen molar-refractivity contribution in [3.05, 3.63) is 75.5 Å². The highest BCUT2D eigenvalue weighted by Gasteiger charge is 2.35. The summed E-state index contributed by atoms with van der Waals surface area (Å²) in [5, 5.41) is 14.4. The van der Waals surface area contributed by atoms with Crippen molar-refractivity contribution in [2.45, 2.75) is 13.0 Å². The van der Waals surface area contributed by atoms with Crippen molar-refractivity contribution in [2.75, 3.05) is 12.4 Å². The van der Waals surface area contributed by atoms with Gasteiger partial charge in [-0.05, 0) is 24.6 Å². The molecule has 1 aliphatic heterocycles. The summed E-state index contributed by atoms with van der Waals surface area (Å²) in [4.78, 5) is 27.9. The SMILES string of the molecule is COC(=O)C1=C(C)Nc2nc3ccccc3n2C1c1cccc([N+](=O)[O-])c1. The second-order valence-electron chi connectivity index (χ2n) is 6.20. The van der Waals surface area contributed by atoms with Gasteiger partial charge in [-0.1, -0.05) is 24.3 Å². The topological polar surface area (TPSA) is 99.3 Å². The number of nitrogens with one attached hydrogen (secondary N) is 1. The third-order valence-corrected chi connectivity index (χ3v) is 4.63. The number of para-hydroxylation sites is 2. The van der Waals surface area contributed by atoms with Crippen LogP contribution in [0.5, 0.6) is 0 Å². The number of benzene rings is 2. The lowest BCUT2D eigenvalue weighted by Gasteiger charge is -2.29. The first kappa shape index (κ1) is 16.8. The van der Waals surface area contributed by atoms with Gasteiger partial charge in [-0.25, -0.2) is 9.78 Å². The van der Waals surface area contributed by atoms with Gasteiger partial charge in [0.1, 0.15) is 0 Å². The third-order valence-electron chi connectivity index (χ3n) is 4.63. The molecule has 136 valence electrons. The van der Waals surface area contributed by atoms with Crippen molar-refractivity contribution >= 4 is 28.6 Å². The van der Waals surface area contributed by atoms with E-state index in [1.807, 2.05) is 28.8 Å². The molecule has 8 heteroatoms. The van der Waals surface area contributed by atoms with Crippen molar-refractivity contribution in [2.24, 2.45) is 0 Å². The zero-order valence-electron chi connectivity index (χ0n) is 14.7. The molecule has 0 saturated heterocycles. The maximum Gasteiger partial charge on any atom is 0.337 e. The summed E-state index contributed by atoms with van der Waals surface area (Å²) < 4.78 is 6.86. The van der Waals surface area contributed by atoms with Gasteiger partial charge in [0.2, 0.25) is 5.95 Å². The Balaban J connectivity index is 2.02. The van der Waals surface area contributed by atoms with E-state index in [2.05, 4.69) is 10.3 Å². The Labute approximate surface area is 154 Å². The third kappa shape index (κ3) is 2.62. The lowest BCUT2D eigenvalue weighted by atomic mass is 9.94. The Kier molecular flexibility index (Phi) is 3.88. The number of imidazole rings is 1. The predicted molar refractivity (Wildman–Crippen MR) is 99.3 cm³/mol. The van der Waals surface area contributed by atoms with Crippen LogP contribution in [0.3, 0.4) is 0 Å². The van der Waals surface area contributed by atoms with Gasteiger partial charge in [0.15, 0.2) is 0 Å². The number of hydrogen-bond acceptors (Lipinski definition) is 6. The summed E-state index contributed by atoms with van der Waals surface area (Å²) in [6.07, 6.45) is 0. The highest BCUT2D eigenvalue weighted by Crippen LogP contribution is 2.40. The molecular formula is C19H16N4O4. The minimum Gasteiger partial charge on any atom is -0.466 e. The number of fused-ring (bicyclic) bond motifs is 3. The van der Waals surface area contributed by atoms with Crippen LogP contribution >= 0.6 is 0 Å². The van der Waals surface area contributed by atoms with Gasteiger partial charge in [-0.3, -0.25) is 14.7 Å². The average molecular weight is 364 g/mol. The molecule has 0 amide bonds. The van der Waals surface area contributed by atoms with Crippen LogP contribution in [-0.4, -0.2) is 27.6 Å². The monoisotopic (exact) mass is 364 g/mol. The van der Waals surface area contributed by atoms with E-state index < -0.39 is 16.9 Å². The zero-order valence-corrected chi connectivity index (χ0v) is 14.7.